The van der Waals surface area contributed by atoms with Gasteiger partial charge in [0.05, 0.1) is 5.69 Å². The van der Waals surface area contributed by atoms with Crippen LogP contribution in [0.15, 0.2) is 0 Å². The first-order chi connectivity index (χ1) is 8.99. The summed E-state index contributed by atoms with van der Waals surface area (Å²) in [6, 6.07) is 0. The third kappa shape index (κ3) is 3.28. The van der Waals surface area contributed by atoms with Gasteiger partial charge in [-0.05, 0) is 13.3 Å². The topological polar surface area (TPSA) is 41.4 Å². The number of aryl methyl sites for hydroxylation is 2. The Kier molecular flexibility index (Phi) is 4.47. The van der Waals surface area contributed by atoms with Gasteiger partial charge in [-0.1, -0.05) is 11.6 Å². The van der Waals surface area contributed by atoms with Gasteiger partial charge in [0.1, 0.15) is 5.15 Å². The van der Waals surface area contributed by atoms with E-state index in [4.69, 9.17) is 11.6 Å². The van der Waals surface area contributed by atoms with Crippen LogP contribution in [0.3, 0.4) is 0 Å². The molecule has 0 atom stereocenters. The Balaban J connectivity index is 2.02. The molecule has 2 heterocycles. The van der Waals surface area contributed by atoms with E-state index in [1.807, 2.05) is 18.9 Å². The second kappa shape index (κ2) is 5.92. The molecule has 0 spiro atoms. The van der Waals surface area contributed by atoms with Gasteiger partial charge >= 0.3 is 0 Å². The van der Waals surface area contributed by atoms with Gasteiger partial charge in [-0.15, -0.1) is 0 Å². The first-order valence-corrected chi connectivity index (χ1v) is 7.02. The lowest BCUT2D eigenvalue weighted by Crippen LogP contribution is -2.33. The molecule has 1 amide bonds. The van der Waals surface area contributed by atoms with Crippen LogP contribution in [0.1, 0.15) is 24.6 Å². The number of hydrogen-bond donors (Lipinski definition) is 0. The minimum Gasteiger partial charge on any atom is -0.342 e. The zero-order valence-corrected chi connectivity index (χ0v) is 12.6. The molecule has 6 heteroatoms. The standard InChI is InChI=1S/C13H21ClN4O/c1-10-12(13(14)16(3)15-10)9-17-5-4-6-18(8-7-17)11(2)19/h4-9H2,1-3H3. The highest BCUT2D eigenvalue weighted by atomic mass is 35.5. The van der Waals surface area contributed by atoms with Crippen molar-refractivity contribution in [3.63, 3.8) is 0 Å². The average molecular weight is 285 g/mol. The molecule has 0 N–H and O–H groups in total. The molecule has 19 heavy (non-hydrogen) atoms. The van der Waals surface area contributed by atoms with Crippen molar-refractivity contribution in [2.45, 2.75) is 26.8 Å². The summed E-state index contributed by atoms with van der Waals surface area (Å²) in [6.07, 6.45) is 1.01. The van der Waals surface area contributed by atoms with Crippen molar-refractivity contribution in [1.82, 2.24) is 19.6 Å². The van der Waals surface area contributed by atoms with E-state index in [2.05, 4.69) is 10.00 Å². The van der Waals surface area contributed by atoms with Gasteiger partial charge in [0, 0.05) is 52.3 Å². The van der Waals surface area contributed by atoms with E-state index in [9.17, 15) is 4.79 Å². The average Bonchev–Trinajstić information content (AvgIpc) is 2.58. The van der Waals surface area contributed by atoms with Crippen LogP contribution in [0, 0.1) is 6.92 Å². The SMILES string of the molecule is CC(=O)N1CCCN(Cc2c(C)nn(C)c2Cl)CC1. The Morgan fingerprint density at radius 2 is 2.05 bits per heavy atom. The predicted octanol–water partition coefficient (Wildman–Crippen LogP) is 1.44. The van der Waals surface area contributed by atoms with E-state index in [-0.39, 0.29) is 5.91 Å². The van der Waals surface area contributed by atoms with E-state index in [1.54, 1.807) is 11.6 Å². The van der Waals surface area contributed by atoms with Crippen molar-refractivity contribution >= 4 is 17.5 Å². The zero-order valence-electron chi connectivity index (χ0n) is 11.8. The van der Waals surface area contributed by atoms with E-state index in [0.717, 1.165) is 50.4 Å². The molecule has 0 saturated carbocycles. The normalized spacial score (nSPS) is 17.6. The monoisotopic (exact) mass is 284 g/mol. The highest BCUT2D eigenvalue weighted by molar-refractivity contribution is 6.30. The number of carbonyl (C=O) groups excluding carboxylic acids is 1. The van der Waals surface area contributed by atoms with Crippen molar-refractivity contribution in [3.05, 3.63) is 16.4 Å². The zero-order chi connectivity index (χ0) is 14.0. The lowest BCUT2D eigenvalue weighted by molar-refractivity contribution is -0.128. The Morgan fingerprint density at radius 3 is 2.63 bits per heavy atom. The third-order valence-corrected chi connectivity index (χ3v) is 4.16. The maximum absolute atomic E-state index is 11.4. The minimum absolute atomic E-state index is 0.164. The van der Waals surface area contributed by atoms with Gasteiger partial charge in [0.25, 0.3) is 0 Å². The van der Waals surface area contributed by atoms with Gasteiger partial charge in [-0.25, -0.2) is 0 Å². The Labute approximate surface area is 119 Å². The predicted molar refractivity (Wildman–Crippen MR) is 75.1 cm³/mol. The summed E-state index contributed by atoms with van der Waals surface area (Å²) in [7, 11) is 1.86. The fraction of sp³-hybridized carbons (Fsp3) is 0.692. The summed E-state index contributed by atoms with van der Waals surface area (Å²) < 4.78 is 1.71. The molecule has 1 saturated heterocycles. The van der Waals surface area contributed by atoms with E-state index in [0.29, 0.717) is 5.15 Å². The molecule has 1 aromatic heterocycles. The molecule has 0 unspecified atom stereocenters. The van der Waals surface area contributed by atoms with Gasteiger partial charge in [0.2, 0.25) is 5.91 Å². The number of nitrogens with zero attached hydrogens (tertiary/aromatic N) is 4. The lowest BCUT2D eigenvalue weighted by atomic mass is 10.2. The smallest absolute Gasteiger partial charge is 0.219 e. The van der Waals surface area contributed by atoms with Crippen molar-refractivity contribution < 1.29 is 4.79 Å². The van der Waals surface area contributed by atoms with Crippen molar-refractivity contribution in [2.75, 3.05) is 26.2 Å². The van der Waals surface area contributed by atoms with Crippen molar-refractivity contribution in [1.29, 1.82) is 0 Å². The fourth-order valence-corrected chi connectivity index (χ4v) is 2.76. The molecular formula is C13H21ClN4O. The van der Waals surface area contributed by atoms with E-state index < -0.39 is 0 Å². The second-order valence-corrected chi connectivity index (χ2v) is 5.47. The molecule has 1 fully saturated rings. The number of amides is 1. The van der Waals surface area contributed by atoms with Crippen LogP contribution < -0.4 is 0 Å². The first kappa shape index (κ1) is 14.3. The molecule has 106 valence electrons. The van der Waals surface area contributed by atoms with Gasteiger partial charge in [0.15, 0.2) is 0 Å². The van der Waals surface area contributed by atoms with Crippen molar-refractivity contribution in [3.8, 4) is 0 Å². The van der Waals surface area contributed by atoms with E-state index in [1.165, 1.54) is 0 Å². The summed E-state index contributed by atoms with van der Waals surface area (Å²) in [4.78, 5) is 15.7. The van der Waals surface area contributed by atoms with E-state index >= 15 is 0 Å². The quantitative estimate of drug-likeness (QED) is 0.825. The molecule has 0 aromatic carbocycles. The summed E-state index contributed by atoms with van der Waals surface area (Å²) in [5.41, 5.74) is 2.08. The molecule has 2 rings (SSSR count). The fourth-order valence-electron chi connectivity index (χ4n) is 2.52. The van der Waals surface area contributed by atoms with Crippen LogP contribution in [0.4, 0.5) is 0 Å². The maximum Gasteiger partial charge on any atom is 0.219 e. The lowest BCUT2D eigenvalue weighted by Gasteiger charge is -2.21. The number of hydrogen-bond acceptors (Lipinski definition) is 3. The van der Waals surface area contributed by atoms with Crippen LogP contribution in [-0.2, 0) is 18.4 Å². The van der Waals surface area contributed by atoms with Crippen LogP contribution in [0.25, 0.3) is 0 Å². The highest BCUT2D eigenvalue weighted by Gasteiger charge is 2.19. The Morgan fingerprint density at radius 1 is 1.32 bits per heavy atom. The molecule has 1 aliphatic rings. The summed E-state index contributed by atoms with van der Waals surface area (Å²) in [6.45, 7) is 7.97. The molecule has 5 nitrogen and oxygen atoms in total. The molecule has 1 aliphatic heterocycles. The maximum atomic E-state index is 11.4. The summed E-state index contributed by atoms with van der Waals surface area (Å²) >= 11 is 6.26. The van der Waals surface area contributed by atoms with Crippen LogP contribution in [-0.4, -0.2) is 51.7 Å². The molecule has 1 aromatic rings. The second-order valence-electron chi connectivity index (χ2n) is 5.11. The van der Waals surface area contributed by atoms with Gasteiger partial charge in [-0.3, -0.25) is 14.4 Å². The van der Waals surface area contributed by atoms with Crippen LogP contribution in [0.2, 0.25) is 5.15 Å². The third-order valence-electron chi connectivity index (χ3n) is 3.69. The molecular weight excluding hydrogens is 264 g/mol. The first-order valence-electron chi connectivity index (χ1n) is 6.65. The number of rotatable bonds is 2. The van der Waals surface area contributed by atoms with Gasteiger partial charge < -0.3 is 4.90 Å². The highest BCUT2D eigenvalue weighted by Crippen LogP contribution is 2.21. The summed E-state index contributed by atoms with van der Waals surface area (Å²) in [5, 5.41) is 5.05. The van der Waals surface area contributed by atoms with Crippen LogP contribution >= 0.6 is 11.6 Å². The minimum atomic E-state index is 0.164. The number of aromatic nitrogens is 2. The van der Waals surface area contributed by atoms with Crippen molar-refractivity contribution in [2.24, 2.45) is 7.05 Å². The molecule has 0 radical (unpaired) electrons. The summed E-state index contributed by atoms with van der Waals surface area (Å²) in [5.74, 6) is 0.164. The Hall–Kier alpha value is -1.07. The molecule has 0 bridgehead atoms. The van der Waals surface area contributed by atoms with Gasteiger partial charge in [-0.2, -0.15) is 5.10 Å². The molecule has 0 aliphatic carbocycles. The number of halogens is 1. The Bertz CT molecular complexity index is 471. The largest absolute Gasteiger partial charge is 0.342 e. The number of carbonyl (C=O) groups is 1. The van der Waals surface area contributed by atoms with Crippen LogP contribution in [0.5, 0.6) is 0 Å².